The summed E-state index contributed by atoms with van der Waals surface area (Å²) in [5.74, 6) is 2.38. The number of nitrogens with zero attached hydrogens (tertiary/aromatic N) is 9. The number of unbranched alkanes of at least 4 members (excludes halogenated alkanes) is 45. The molecule has 0 amide bonds. The van der Waals surface area contributed by atoms with Crippen molar-refractivity contribution in [2.75, 3.05) is 19.8 Å². The largest absolute Gasteiger partial charge is 0.491 e. The molecule has 3 aromatic heterocycles. The number of rotatable bonds is 60. The van der Waals surface area contributed by atoms with Gasteiger partial charge in [0.05, 0.1) is 38.4 Å². The molecule has 0 aliphatic rings. The van der Waals surface area contributed by atoms with E-state index in [4.69, 9.17) is 45.1 Å². The minimum absolute atomic E-state index is 0.663. The second kappa shape index (κ2) is 50.1. The molecule has 0 aliphatic carbocycles. The predicted octanol–water partition coefficient (Wildman–Crippen LogP) is 25.4. The maximum Gasteiger partial charge on any atom is 0.145 e. The van der Waals surface area contributed by atoms with E-state index in [-0.39, 0.29) is 0 Å². The van der Waals surface area contributed by atoms with Gasteiger partial charge in [0.15, 0.2) is 0 Å². The molecule has 0 bridgehead atoms. The Hall–Kier alpha value is -6.30. The van der Waals surface area contributed by atoms with E-state index in [9.17, 15) is 0 Å². The lowest BCUT2D eigenvalue weighted by molar-refractivity contribution is 0.302. The SMILES string of the molecule is CCCCCCCCCCCCCCCCCCOc1ccccc1-n1cc(-c2cc(-c3cn(-c4ccccc4OCCCCCCCCCCCCCCCCCC)nn3)cc(-c3cn(-c4ccccc4OCCCCCCCCCCCCCCCCCC)nn3)c2)nn1. The first kappa shape index (κ1) is 77.1. The summed E-state index contributed by atoms with van der Waals surface area (Å²) in [7, 11) is 0. The van der Waals surface area contributed by atoms with Gasteiger partial charge in [-0.3, -0.25) is 0 Å². The van der Waals surface area contributed by atoms with E-state index in [1.54, 1.807) is 0 Å². The second-order valence-electron chi connectivity index (χ2n) is 27.8. The first-order valence-corrected chi connectivity index (χ1v) is 39.7. The van der Waals surface area contributed by atoms with Crippen molar-refractivity contribution in [1.29, 1.82) is 0 Å². The van der Waals surface area contributed by atoms with Gasteiger partial charge in [0.25, 0.3) is 0 Å². The first-order chi connectivity index (χ1) is 47.6. The minimum Gasteiger partial charge on any atom is -0.491 e. The van der Waals surface area contributed by atoms with Crippen LogP contribution in [0.4, 0.5) is 0 Å². The Labute approximate surface area is 582 Å². The average molecular weight is 1310 g/mol. The molecule has 96 heavy (non-hydrogen) atoms. The minimum atomic E-state index is 0.663. The highest BCUT2D eigenvalue weighted by atomic mass is 16.5. The number of benzene rings is 4. The van der Waals surface area contributed by atoms with Gasteiger partial charge in [0.1, 0.15) is 51.4 Å². The molecule has 0 unspecified atom stereocenters. The molecule has 0 radical (unpaired) electrons. The van der Waals surface area contributed by atoms with Crippen LogP contribution < -0.4 is 14.2 Å². The normalized spacial score (nSPS) is 11.5. The first-order valence-electron chi connectivity index (χ1n) is 39.7. The number of hydrogen-bond donors (Lipinski definition) is 0. The van der Waals surface area contributed by atoms with Crippen LogP contribution in [-0.4, -0.2) is 64.8 Å². The topological polar surface area (TPSA) is 120 Å². The van der Waals surface area contributed by atoms with Crippen LogP contribution in [0.3, 0.4) is 0 Å². The van der Waals surface area contributed by atoms with Crippen molar-refractivity contribution in [2.45, 2.75) is 329 Å². The van der Waals surface area contributed by atoms with Crippen LogP contribution in [0.15, 0.2) is 110 Å². The van der Waals surface area contributed by atoms with E-state index in [0.717, 1.165) is 70.3 Å². The number of para-hydroxylation sites is 6. The highest BCUT2D eigenvalue weighted by Crippen LogP contribution is 2.34. The lowest BCUT2D eigenvalue weighted by Gasteiger charge is -2.11. The predicted molar refractivity (Wildman–Crippen MR) is 403 cm³/mol. The summed E-state index contributed by atoms with van der Waals surface area (Å²) in [5, 5.41) is 28.5. The van der Waals surface area contributed by atoms with Crippen LogP contribution in [0, 0.1) is 0 Å². The van der Waals surface area contributed by atoms with Gasteiger partial charge in [-0.05, 0) is 73.9 Å². The van der Waals surface area contributed by atoms with Gasteiger partial charge in [-0.15, -0.1) is 15.3 Å². The molecule has 0 fully saturated rings. The summed E-state index contributed by atoms with van der Waals surface area (Å²) in [5.41, 5.74) is 7.21. The standard InChI is InChI=1S/C84H129N9O3/c1-4-7-10-13-16-19-22-25-28-31-34-37-40-43-46-55-64-94-82-61-52-49-58-79(82)91-70-76(85-88-91)73-67-74(77-71-92(89-86-77)80-59-50-53-62-83(80)95-65-56-47-44-41-38-35-32-29-26-23-20-17-14-11-8-5-2)69-75(68-73)78-72-93(90-87-78)81-60-51-54-63-84(81)96-66-57-48-45-42-39-36-33-30-27-24-21-18-15-12-9-6-3/h49-54,58-63,67-72H,4-48,55-57,64-66H2,1-3H3. The Bertz CT molecular complexity index is 2710. The molecular formula is C84H129N9O3. The van der Waals surface area contributed by atoms with Gasteiger partial charge in [0.2, 0.25) is 0 Å². The Kier molecular flexibility index (Phi) is 40.2. The molecule has 0 saturated carbocycles. The molecule has 0 atom stereocenters. The fraction of sp³-hybridized carbons (Fsp3) is 0.643. The summed E-state index contributed by atoms with van der Waals surface area (Å²) in [6.07, 6.45) is 70.4. The van der Waals surface area contributed by atoms with Crippen molar-refractivity contribution in [2.24, 2.45) is 0 Å². The van der Waals surface area contributed by atoms with Gasteiger partial charge < -0.3 is 14.2 Å². The smallest absolute Gasteiger partial charge is 0.145 e. The summed E-state index contributed by atoms with van der Waals surface area (Å²) < 4.78 is 24.9. The lowest BCUT2D eigenvalue weighted by Crippen LogP contribution is -2.03. The fourth-order valence-corrected chi connectivity index (χ4v) is 13.4. The van der Waals surface area contributed by atoms with Gasteiger partial charge >= 0.3 is 0 Å². The van der Waals surface area contributed by atoms with Crippen molar-refractivity contribution in [3.63, 3.8) is 0 Å². The molecule has 4 aromatic carbocycles. The third-order valence-electron chi connectivity index (χ3n) is 19.4. The second-order valence-corrected chi connectivity index (χ2v) is 27.8. The number of ether oxygens (including phenoxy) is 3. The van der Waals surface area contributed by atoms with Crippen LogP contribution in [0.2, 0.25) is 0 Å². The highest BCUT2D eigenvalue weighted by molar-refractivity contribution is 5.77. The van der Waals surface area contributed by atoms with E-state index < -0.39 is 0 Å². The van der Waals surface area contributed by atoms with Crippen LogP contribution in [0.5, 0.6) is 17.2 Å². The molecule has 528 valence electrons. The Morgan fingerprint density at radius 3 is 0.635 bits per heavy atom. The molecule has 12 nitrogen and oxygen atoms in total. The van der Waals surface area contributed by atoms with Crippen molar-refractivity contribution >= 4 is 0 Å². The average Bonchev–Trinajstić information content (AvgIpc) is 1.74. The van der Waals surface area contributed by atoms with Crippen LogP contribution in [0.25, 0.3) is 50.8 Å². The van der Waals surface area contributed by atoms with E-state index >= 15 is 0 Å². The summed E-state index contributed by atoms with van der Waals surface area (Å²) in [6, 6.07) is 30.7. The van der Waals surface area contributed by atoms with E-state index in [0.29, 0.717) is 36.9 Å². The lowest BCUT2D eigenvalue weighted by atomic mass is 10.0. The van der Waals surface area contributed by atoms with Gasteiger partial charge in [-0.2, -0.15) is 0 Å². The van der Waals surface area contributed by atoms with Crippen molar-refractivity contribution in [3.8, 4) is 68.1 Å². The molecule has 0 N–H and O–H groups in total. The van der Waals surface area contributed by atoms with Gasteiger partial charge in [-0.25, -0.2) is 14.0 Å². The third-order valence-corrected chi connectivity index (χ3v) is 19.4. The van der Waals surface area contributed by atoms with Crippen LogP contribution in [-0.2, 0) is 0 Å². The monoisotopic (exact) mass is 1310 g/mol. The van der Waals surface area contributed by atoms with Gasteiger partial charge in [0, 0.05) is 16.7 Å². The quantitative estimate of drug-likeness (QED) is 0.0343. The maximum absolute atomic E-state index is 6.47. The zero-order valence-corrected chi connectivity index (χ0v) is 60.7. The molecular weight excluding hydrogens is 1180 g/mol. The Balaban J connectivity index is 0.941. The number of aromatic nitrogens is 9. The molecule has 12 heteroatoms. The van der Waals surface area contributed by atoms with E-state index in [2.05, 4.69) is 39.0 Å². The summed E-state index contributed by atoms with van der Waals surface area (Å²) in [6.45, 7) is 8.88. The Morgan fingerprint density at radius 1 is 0.240 bits per heavy atom. The van der Waals surface area contributed by atoms with Crippen molar-refractivity contribution < 1.29 is 14.2 Å². The molecule has 0 saturated heterocycles. The van der Waals surface area contributed by atoms with Crippen LogP contribution >= 0.6 is 0 Å². The molecule has 0 spiro atoms. The molecule has 3 heterocycles. The highest BCUT2D eigenvalue weighted by Gasteiger charge is 2.18. The molecule has 7 rings (SSSR count). The Morgan fingerprint density at radius 2 is 0.427 bits per heavy atom. The fourth-order valence-electron chi connectivity index (χ4n) is 13.4. The summed E-state index contributed by atoms with van der Waals surface area (Å²) >= 11 is 0. The third kappa shape index (κ3) is 30.6. The number of hydrogen-bond acceptors (Lipinski definition) is 9. The van der Waals surface area contributed by atoms with Crippen molar-refractivity contribution in [3.05, 3.63) is 110 Å². The zero-order chi connectivity index (χ0) is 66.8. The maximum atomic E-state index is 6.47. The van der Waals surface area contributed by atoms with Gasteiger partial charge in [-0.1, -0.05) is 362 Å². The van der Waals surface area contributed by atoms with Crippen LogP contribution in [0.1, 0.15) is 329 Å². The zero-order valence-electron chi connectivity index (χ0n) is 60.7. The van der Waals surface area contributed by atoms with Crippen molar-refractivity contribution in [1.82, 2.24) is 45.0 Å². The molecule has 0 aliphatic heterocycles. The molecule has 7 aromatic rings. The summed E-state index contributed by atoms with van der Waals surface area (Å²) in [4.78, 5) is 0. The van der Waals surface area contributed by atoms with E-state index in [1.807, 2.05) is 105 Å². The van der Waals surface area contributed by atoms with E-state index in [1.165, 1.54) is 289 Å².